The molecule has 2 heteroatoms. The molecule has 1 atom stereocenters. The van der Waals surface area contributed by atoms with Gasteiger partial charge in [-0.05, 0) is 24.5 Å². The number of ketones is 1. The number of ether oxygens (including phenoxy) is 1. The van der Waals surface area contributed by atoms with E-state index < -0.39 is 0 Å². The summed E-state index contributed by atoms with van der Waals surface area (Å²) in [5, 5.41) is 0. The van der Waals surface area contributed by atoms with Crippen molar-refractivity contribution in [1.29, 1.82) is 0 Å². The van der Waals surface area contributed by atoms with E-state index in [0.29, 0.717) is 18.1 Å². The van der Waals surface area contributed by atoms with Gasteiger partial charge in [-0.1, -0.05) is 12.8 Å². The lowest BCUT2D eigenvalue weighted by Gasteiger charge is -2.23. The molecule has 0 N–H and O–H groups in total. The van der Waals surface area contributed by atoms with E-state index in [1.165, 1.54) is 18.4 Å². The zero-order chi connectivity index (χ0) is 8.89. The molecule has 1 saturated heterocycles. The first kappa shape index (κ1) is 7.74. The summed E-state index contributed by atoms with van der Waals surface area (Å²) in [4.78, 5) is 11.3. The molecule has 3 rings (SSSR count). The zero-order valence-corrected chi connectivity index (χ0v) is 7.71. The van der Waals surface area contributed by atoms with E-state index in [-0.39, 0.29) is 5.60 Å². The SMILES string of the molecule is O=C1C=C2C(COC23CCCC3)C1. The molecular formula is C11H14O2. The molecule has 2 aliphatic carbocycles. The number of hydrogen-bond acceptors (Lipinski definition) is 2. The average molecular weight is 178 g/mol. The lowest BCUT2D eigenvalue weighted by molar-refractivity contribution is -0.114. The minimum atomic E-state index is 0.0107. The van der Waals surface area contributed by atoms with Gasteiger partial charge in [0.25, 0.3) is 0 Å². The Balaban J connectivity index is 1.99. The van der Waals surface area contributed by atoms with Crippen LogP contribution in [-0.2, 0) is 9.53 Å². The van der Waals surface area contributed by atoms with Crippen molar-refractivity contribution in [1.82, 2.24) is 0 Å². The Morgan fingerprint density at radius 2 is 2.15 bits per heavy atom. The molecule has 1 heterocycles. The fourth-order valence-electron chi connectivity index (χ4n) is 3.08. The fourth-order valence-corrected chi connectivity index (χ4v) is 3.08. The lowest BCUT2D eigenvalue weighted by atomic mass is 9.88. The van der Waals surface area contributed by atoms with Crippen LogP contribution in [-0.4, -0.2) is 18.0 Å². The molecule has 0 amide bonds. The molecule has 70 valence electrons. The Morgan fingerprint density at radius 1 is 1.38 bits per heavy atom. The van der Waals surface area contributed by atoms with Gasteiger partial charge in [0.1, 0.15) is 0 Å². The van der Waals surface area contributed by atoms with E-state index in [4.69, 9.17) is 4.74 Å². The minimum absolute atomic E-state index is 0.0107. The Hall–Kier alpha value is -0.630. The van der Waals surface area contributed by atoms with Crippen molar-refractivity contribution in [3.63, 3.8) is 0 Å². The van der Waals surface area contributed by atoms with Gasteiger partial charge in [0.05, 0.1) is 12.2 Å². The molecule has 1 saturated carbocycles. The van der Waals surface area contributed by atoms with E-state index in [9.17, 15) is 4.79 Å². The number of fused-ring (bicyclic) bond motifs is 2. The third kappa shape index (κ3) is 0.953. The fraction of sp³-hybridized carbons (Fsp3) is 0.727. The molecule has 2 nitrogen and oxygen atoms in total. The van der Waals surface area contributed by atoms with Crippen molar-refractivity contribution in [3.05, 3.63) is 11.6 Å². The van der Waals surface area contributed by atoms with E-state index in [0.717, 1.165) is 19.4 Å². The van der Waals surface area contributed by atoms with Crippen LogP contribution in [0.4, 0.5) is 0 Å². The summed E-state index contributed by atoms with van der Waals surface area (Å²) in [7, 11) is 0. The first-order chi connectivity index (χ1) is 6.30. The van der Waals surface area contributed by atoms with E-state index in [1.807, 2.05) is 6.08 Å². The molecule has 2 fully saturated rings. The molecule has 13 heavy (non-hydrogen) atoms. The second-order valence-corrected chi connectivity index (χ2v) is 4.48. The minimum Gasteiger partial charge on any atom is -0.370 e. The van der Waals surface area contributed by atoms with Gasteiger partial charge in [-0.15, -0.1) is 0 Å². The zero-order valence-electron chi connectivity index (χ0n) is 7.71. The van der Waals surface area contributed by atoms with E-state index >= 15 is 0 Å². The predicted octanol–water partition coefficient (Wildman–Crippen LogP) is 1.84. The standard InChI is InChI=1S/C11H14O2/c12-9-5-8-7-13-11(10(8)6-9)3-1-2-4-11/h6,8H,1-5,7H2. The summed E-state index contributed by atoms with van der Waals surface area (Å²) in [6, 6.07) is 0. The van der Waals surface area contributed by atoms with Gasteiger partial charge in [0, 0.05) is 12.3 Å². The topological polar surface area (TPSA) is 26.3 Å². The molecule has 0 aromatic rings. The van der Waals surface area contributed by atoms with Crippen molar-refractivity contribution in [2.45, 2.75) is 37.7 Å². The smallest absolute Gasteiger partial charge is 0.156 e. The first-order valence-corrected chi connectivity index (χ1v) is 5.19. The van der Waals surface area contributed by atoms with Crippen LogP contribution < -0.4 is 0 Å². The third-order valence-electron chi connectivity index (χ3n) is 3.70. The summed E-state index contributed by atoms with van der Waals surface area (Å²) in [6.45, 7) is 0.789. The van der Waals surface area contributed by atoms with Gasteiger partial charge < -0.3 is 4.74 Å². The van der Waals surface area contributed by atoms with Crippen molar-refractivity contribution in [3.8, 4) is 0 Å². The molecule has 1 aliphatic heterocycles. The van der Waals surface area contributed by atoms with E-state index in [2.05, 4.69) is 0 Å². The van der Waals surface area contributed by atoms with Crippen LogP contribution in [0.15, 0.2) is 11.6 Å². The summed E-state index contributed by atoms with van der Waals surface area (Å²) >= 11 is 0. The Labute approximate surface area is 78.0 Å². The maximum absolute atomic E-state index is 11.3. The second-order valence-electron chi connectivity index (χ2n) is 4.48. The van der Waals surface area contributed by atoms with Gasteiger partial charge in [0.2, 0.25) is 0 Å². The molecule has 1 unspecified atom stereocenters. The van der Waals surface area contributed by atoms with Crippen molar-refractivity contribution in [2.24, 2.45) is 5.92 Å². The van der Waals surface area contributed by atoms with Crippen LogP contribution in [0.5, 0.6) is 0 Å². The molecule has 3 aliphatic rings. The van der Waals surface area contributed by atoms with Gasteiger partial charge in [-0.3, -0.25) is 4.79 Å². The maximum atomic E-state index is 11.3. The summed E-state index contributed by atoms with van der Waals surface area (Å²) in [5.74, 6) is 0.750. The van der Waals surface area contributed by atoms with Crippen molar-refractivity contribution >= 4 is 5.78 Å². The molecular weight excluding hydrogens is 164 g/mol. The normalized spacial score (nSPS) is 35.5. The average Bonchev–Trinajstić information content (AvgIpc) is 2.73. The molecule has 0 bridgehead atoms. The van der Waals surface area contributed by atoms with Gasteiger partial charge in [-0.2, -0.15) is 0 Å². The van der Waals surface area contributed by atoms with Crippen LogP contribution in [0.25, 0.3) is 0 Å². The van der Waals surface area contributed by atoms with Gasteiger partial charge in [-0.25, -0.2) is 0 Å². The third-order valence-corrected chi connectivity index (χ3v) is 3.70. The highest BCUT2D eigenvalue weighted by Crippen LogP contribution is 2.49. The second kappa shape index (κ2) is 2.44. The molecule has 1 spiro atoms. The summed E-state index contributed by atoms with van der Waals surface area (Å²) in [6.07, 6.45) is 7.38. The Kier molecular flexibility index (Phi) is 1.46. The highest BCUT2D eigenvalue weighted by Gasteiger charge is 2.49. The number of hydrogen-bond donors (Lipinski definition) is 0. The quantitative estimate of drug-likeness (QED) is 0.565. The number of carbonyl (C=O) groups is 1. The first-order valence-electron chi connectivity index (χ1n) is 5.19. The lowest BCUT2D eigenvalue weighted by Crippen LogP contribution is -2.25. The predicted molar refractivity (Wildman–Crippen MR) is 48.3 cm³/mol. The van der Waals surface area contributed by atoms with Crippen LogP contribution in [0.1, 0.15) is 32.1 Å². The number of carbonyl (C=O) groups excluding carboxylic acids is 1. The van der Waals surface area contributed by atoms with Gasteiger partial charge in [0.15, 0.2) is 5.78 Å². The maximum Gasteiger partial charge on any atom is 0.156 e. The number of allylic oxidation sites excluding steroid dienone is 1. The highest BCUT2D eigenvalue weighted by atomic mass is 16.5. The van der Waals surface area contributed by atoms with Crippen LogP contribution in [0, 0.1) is 5.92 Å². The molecule has 0 aromatic carbocycles. The Bertz CT molecular complexity index is 284. The largest absolute Gasteiger partial charge is 0.370 e. The van der Waals surface area contributed by atoms with Crippen LogP contribution >= 0.6 is 0 Å². The number of rotatable bonds is 0. The monoisotopic (exact) mass is 178 g/mol. The Morgan fingerprint density at radius 3 is 2.92 bits per heavy atom. The molecule has 0 radical (unpaired) electrons. The van der Waals surface area contributed by atoms with Gasteiger partial charge >= 0.3 is 0 Å². The summed E-state index contributed by atoms with van der Waals surface area (Å²) < 4.78 is 5.90. The van der Waals surface area contributed by atoms with Crippen LogP contribution in [0.2, 0.25) is 0 Å². The van der Waals surface area contributed by atoms with Crippen molar-refractivity contribution in [2.75, 3.05) is 6.61 Å². The van der Waals surface area contributed by atoms with E-state index in [1.54, 1.807) is 0 Å². The van der Waals surface area contributed by atoms with Crippen LogP contribution in [0.3, 0.4) is 0 Å². The van der Waals surface area contributed by atoms with Crippen molar-refractivity contribution < 1.29 is 9.53 Å². The molecule has 0 aromatic heterocycles. The highest BCUT2D eigenvalue weighted by molar-refractivity contribution is 5.94. The summed E-state index contributed by atoms with van der Waals surface area (Å²) in [5.41, 5.74) is 1.34.